The Bertz CT molecular complexity index is 1300. The van der Waals surface area contributed by atoms with Gasteiger partial charge in [-0.1, -0.05) is 18.2 Å². The summed E-state index contributed by atoms with van der Waals surface area (Å²) in [4.78, 5) is 50.3. The summed E-state index contributed by atoms with van der Waals surface area (Å²) in [5.74, 6) is 0.668. The predicted octanol–water partition coefficient (Wildman–Crippen LogP) is 2.22. The van der Waals surface area contributed by atoms with Crippen molar-refractivity contribution in [3.63, 3.8) is 0 Å². The van der Waals surface area contributed by atoms with Gasteiger partial charge in [0, 0.05) is 24.2 Å². The molecule has 4 rings (SSSR count). The molecule has 1 fully saturated rings. The highest BCUT2D eigenvalue weighted by Gasteiger charge is 2.24. The molecular formula is C23H28N5O6P. The minimum atomic E-state index is -3.99. The van der Waals surface area contributed by atoms with Gasteiger partial charge in [0.2, 0.25) is 11.8 Å². The number of anilines is 2. The molecule has 3 N–H and O–H groups in total. The van der Waals surface area contributed by atoms with Crippen LogP contribution in [0.1, 0.15) is 19.3 Å². The summed E-state index contributed by atoms with van der Waals surface area (Å²) in [5, 5.41) is 7.71. The Morgan fingerprint density at radius 1 is 1.23 bits per heavy atom. The van der Waals surface area contributed by atoms with Crippen LogP contribution in [0.15, 0.2) is 47.4 Å². The van der Waals surface area contributed by atoms with E-state index in [0.717, 1.165) is 17.5 Å². The Morgan fingerprint density at radius 2 is 1.94 bits per heavy atom. The van der Waals surface area contributed by atoms with Crippen LogP contribution in [-0.4, -0.2) is 56.8 Å². The highest BCUT2D eigenvalue weighted by atomic mass is 31.2. The number of amides is 1. The van der Waals surface area contributed by atoms with Crippen LogP contribution >= 0.6 is 7.60 Å². The monoisotopic (exact) mass is 501 g/mol. The van der Waals surface area contributed by atoms with E-state index >= 15 is 0 Å². The third-order valence-electron chi connectivity index (χ3n) is 6.10. The van der Waals surface area contributed by atoms with Crippen LogP contribution in [0.5, 0.6) is 5.88 Å². The van der Waals surface area contributed by atoms with Crippen LogP contribution in [0.2, 0.25) is 0 Å². The van der Waals surface area contributed by atoms with E-state index in [-0.39, 0.29) is 35.8 Å². The molecule has 1 saturated heterocycles. The largest absolute Gasteiger partial charge is 0.480 e. The molecule has 0 bridgehead atoms. The average Bonchev–Trinajstić information content (AvgIpc) is 2.84. The van der Waals surface area contributed by atoms with Gasteiger partial charge in [0.25, 0.3) is 5.56 Å². The van der Waals surface area contributed by atoms with E-state index < -0.39 is 13.2 Å². The van der Waals surface area contributed by atoms with E-state index in [1.54, 1.807) is 30.3 Å². The summed E-state index contributed by atoms with van der Waals surface area (Å²) >= 11 is 0. The van der Waals surface area contributed by atoms with Crippen molar-refractivity contribution in [2.45, 2.75) is 25.8 Å². The van der Waals surface area contributed by atoms with Crippen molar-refractivity contribution in [3.8, 4) is 5.88 Å². The molecular weight excluding hydrogens is 473 g/mol. The molecule has 35 heavy (non-hydrogen) atoms. The topological polar surface area (TPSA) is 147 Å². The summed E-state index contributed by atoms with van der Waals surface area (Å²) in [6.07, 6.45) is 3.50. The lowest BCUT2D eigenvalue weighted by atomic mass is 9.94. The van der Waals surface area contributed by atoms with Crippen molar-refractivity contribution in [3.05, 3.63) is 52.9 Å². The zero-order valence-electron chi connectivity index (χ0n) is 19.3. The van der Waals surface area contributed by atoms with Crippen molar-refractivity contribution >= 4 is 35.8 Å². The molecule has 0 atom stereocenters. The number of rotatable bonds is 8. The normalized spacial score (nSPS) is 14.8. The summed E-state index contributed by atoms with van der Waals surface area (Å²) in [6, 6.07) is 10.7. The number of ether oxygens (including phenoxy) is 1. The van der Waals surface area contributed by atoms with Gasteiger partial charge in [0.05, 0.1) is 19.5 Å². The first-order valence-corrected chi connectivity index (χ1v) is 13.1. The van der Waals surface area contributed by atoms with Crippen LogP contribution < -0.4 is 20.5 Å². The second-order valence-electron chi connectivity index (χ2n) is 8.58. The van der Waals surface area contributed by atoms with Crippen molar-refractivity contribution in [1.82, 2.24) is 14.8 Å². The maximum Gasteiger partial charge on any atom is 0.325 e. The standard InChI is InChI=1S/C23H28N5O6P/c1-34-22-21-17(13-19(26-22)27-10-7-16(8-11-27)9-12-35(31,32)33)14-24-28(23(21)30)15-20(29)25-18-5-3-2-4-6-18/h2-6,13-14,16H,7-12,15H2,1H3,(H,25,29)(H2,31,32,33). The third-order valence-corrected chi connectivity index (χ3v) is 6.94. The third kappa shape index (κ3) is 6.25. The SMILES string of the molecule is COc1nc(N2CCC(CCP(=O)(O)O)CC2)cc2cnn(CC(=O)Nc3ccccc3)c(=O)c12. The number of carbonyl (C=O) groups excluding carboxylic acids is 1. The van der Waals surface area contributed by atoms with E-state index in [9.17, 15) is 14.2 Å². The predicted molar refractivity (Wildman–Crippen MR) is 132 cm³/mol. The fraction of sp³-hybridized carbons (Fsp3) is 0.391. The summed E-state index contributed by atoms with van der Waals surface area (Å²) in [5.41, 5.74) is 0.151. The lowest BCUT2D eigenvalue weighted by molar-refractivity contribution is -0.117. The fourth-order valence-corrected chi connectivity index (χ4v) is 4.94. The Kier molecular flexibility index (Phi) is 7.49. The van der Waals surface area contributed by atoms with Gasteiger partial charge in [-0.05, 0) is 43.4 Å². The molecule has 186 valence electrons. The number of nitrogens with zero attached hydrogens (tertiary/aromatic N) is 4. The van der Waals surface area contributed by atoms with Gasteiger partial charge in [0.15, 0.2) is 0 Å². The van der Waals surface area contributed by atoms with Crippen LogP contribution in [0.3, 0.4) is 0 Å². The molecule has 0 unspecified atom stereocenters. The summed E-state index contributed by atoms with van der Waals surface area (Å²) < 4.78 is 17.7. The number of hydrogen-bond acceptors (Lipinski definition) is 7. The molecule has 1 aromatic carbocycles. The highest BCUT2D eigenvalue weighted by molar-refractivity contribution is 7.51. The number of pyridine rings is 1. The Labute approximate surface area is 201 Å². The van der Waals surface area contributed by atoms with Gasteiger partial charge in [-0.2, -0.15) is 10.1 Å². The van der Waals surface area contributed by atoms with Crippen molar-refractivity contribution < 1.29 is 23.9 Å². The zero-order valence-corrected chi connectivity index (χ0v) is 20.2. The van der Waals surface area contributed by atoms with Gasteiger partial charge in [-0.15, -0.1) is 0 Å². The van der Waals surface area contributed by atoms with Crippen LogP contribution in [0.25, 0.3) is 10.8 Å². The smallest absolute Gasteiger partial charge is 0.325 e. The number of carbonyl (C=O) groups is 1. The molecule has 1 amide bonds. The van der Waals surface area contributed by atoms with Gasteiger partial charge >= 0.3 is 7.60 Å². The Balaban J connectivity index is 1.50. The minimum Gasteiger partial charge on any atom is -0.480 e. The molecule has 3 aromatic rings. The van der Waals surface area contributed by atoms with Gasteiger partial charge < -0.3 is 24.7 Å². The first kappa shape index (κ1) is 24.8. The molecule has 2 aromatic heterocycles. The highest BCUT2D eigenvalue weighted by Crippen LogP contribution is 2.38. The minimum absolute atomic E-state index is 0.0962. The van der Waals surface area contributed by atoms with Crippen molar-refractivity contribution in [1.29, 1.82) is 0 Å². The second-order valence-corrected chi connectivity index (χ2v) is 10.4. The number of para-hydroxylation sites is 1. The molecule has 1 aliphatic rings. The number of fused-ring (bicyclic) bond motifs is 1. The van der Waals surface area contributed by atoms with Gasteiger partial charge in [-0.25, -0.2) is 4.68 Å². The zero-order chi connectivity index (χ0) is 25.0. The molecule has 3 heterocycles. The molecule has 0 spiro atoms. The number of nitrogens with one attached hydrogen (secondary N) is 1. The molecule has 0 saturated carbocycles. The molecule has 11 nitrogen and oxygen atoms in total. The number of benzene rings is 1. The van der Waals surface area contributed by atoms with E-state index in [0.29, 0.717) is 36.4 Å². The quantitative estimate of drug-likeness (QED) is 0.395. The summed E-state index contributed by atoms with van der Waals surface area (Å²) in [6.45, 7) is 1.10. The Morgan fingerprint density at radius 3 is 2.60 bits per heavy atom. The fourth-order valence-electron chi connectivity index (χ4n) is 4.24. The van der Waals surface area contributed by atoms with Gasteiger partial charge in [-0.3, -0.25) is 14.2 Å². The average molecular weight is 501 g/mol. The van der Waals surface area contributed by atoms with E-state index in [1.165, 1.54) is 13.3 Å². The first-order chi connectivity index (χ1) is 16.7. The Hall–Kier alpha value is -3.27. The van der Waals surface area contributed by atoms with Crippen molar-refractivity contribution in [2.24, 2.45) is 5.92 Å². The number of methoxy groups -OCH3 is 1. The van der Waals surface area contributed by atoms with Gasteiger partial charge in [0.1, 0.15) is 17.7 Å². The number of piperidine rings is 1. The molecule has 0 radical (unpaired) electrons. The van der Waals surface area contributed by atoms with Crippen LogP contribution in [0.4, 0.5) is 11.5 Å². The second kappa shape index (κ2) is 10.6. The molecule has 1 aliphatic heterocycles. The lowest BCUT2D eigenvalue weighted by Gasteiger charge is -2.33. The van der Waals surface area contributed by atoms with Crippen LogP contribution in [0, 0.1) is 5.92 Å². The lowest BCUT2D eigenvalue weighted by Crippen LogP contribution is -2.35. The van der Waals surface area contributed by atoms with Crippen molar-refractivity contribution in [2.75, 3.05) is 36.6 Å². The van der Waals surface area contributed by atoms with E-state index in [4.69, 9.17) is 14.5 Å². The summed E-state index contributed by atoms with van der Waals surface area (Å²) in [7, 11) is -2.55. The maximum absolute atomic E-state index is 13.1. The molecule has 0 aliphatic carbocycles. The number of hydrogen-bond donors (Lipinski definition) is 3. The van der Waals surface area contributed by atoms with Crippen LogP contribution in [-0.2, 0) is 15.9 Å². The number of aromatic nitrogens is 3. The maximum atomic E-state index is 13.1. The first-order valence-electron chi connectivity index (χ1n) is 11.3. The van der Waals surface area contributed by atoms with E-state index in [2.05, 4.69) is 20.3 Å². The molecule has 12 heteroatoms. The van der Waals surface area contributed by atoms with E-state index in [1.807, 2.05) is 6.07 Å².